The molecule has 0 fully saturated rings. The Bertz CT molecular complexity index is 688. The first-order valence-corrected chi connectivity index (χ1v) is 7.85. The van der Waals surface area contributed by atoms with Crippen molar-refractivity contribution in [2.75, 3.05) is 0 Å². The van der Waals surface area contributed by atoms with Crippen LogP contribution in [0.2, 0.25) is 5.02 Å². The van der Waals surface area contributed by atoms with E-state index in [1.807, 2.05) is 12.1 Å². The van der Waals surface area contributed by atoms with Crippen LogP contribution in [0, 0.1) is 0 Å². The molecule has 23 heavy (non-hydrogen) atoms. The molecule has 0 unspecified atom stereocenters. The summed E-state index contributed by atoms with van der Waals surface area (Å²) in [6.07, 6.45) is -0.134. The van der Waals surface area contributed by atoms with Crippen molar-refractivity contribution < 1.29 is 14.7 Å². The van der Waals surface area contributed by atoms with Crippen molar-refractivity contribution in [1.82, 2.24) is 0 Å². The fraction of sp³-hybridized carbons (Fsp3) is 0.263. The second-order valence-electron chi connectivity index (χ2n) is 5.83. The Morgan fingerprint density at radius 3 is 1.96 bits per heavy atom. The summed E-state index contributed by atoms with van der Waals surface area (Å²) in [6, 6.07) is 13.7. The maximum Gasteiger partial charge on any atom is 0.163 e. The van der Waals surface area contributed by atoms with Crippen LogP contribution in [-0.4, -0.2) is 11.8 Å². The Balaban J connectivity index is 2.20. The number of hydrogen-bond donors (Lipinski definition) is 0. The highest BCUT2D eigenvalue weighted by Gasteiger charge is 2.18. The normalized spacial score (nSPS) is 12.2. The van der Waals surface area contributed by atoms with Crippen LogP contribution < -0.4 is 5.11 Å². The number of carboxylic acid groups (broad SMARTS) is 1. The molecule has 120 valence electrons. The Morgan fingerprint density at radius 2 is 1.48 bits per heavy atom. The van der Waals surface area contributed by atoms with E-state index >= 15 is 0 Å². The van der Waals surface area contributed by atoms with Crippen LogP contribution in [-0.2, 0) is 4.79 Å². The molecule has 0 saturated carbocycles. The topological polar surface area (TPSA) is 57.2 Å². The van der Waals surface area contributed by atoms with Crippen LogP contribution in [0.15, 0.2) is 48.5 Å². The molecule has 0 N–H and O–H groups in total. The molecule has 0 spiro atoms. The Morgan fingerprint density at radius 1 is 0.957 bits per heavy atom. The first-order valence-electron chi connectivity index (χ1n) is 7.48. The van der Waals surface area contributed by atoms with E-state index in [1.54, 1.807) is 36.4 Å². The fourth-order valence-corrected chi connectivity index (χ4v) is 2.52. The predicted molar refractivity (Wildman–Crippen MR) is 88.7 cm³/mol. The molecule has 0 saturated heterocycles. The van der Waals surface area contributed by atoms with Crippen LogP contribution in [0.1, 0.15) is 53.6 Å². The van der Waals surface area contributed by atoms with E-state index in [-0.39, 0.29) is 12.2 Å². The van der Waals surface area contributed by atoms with Crippen LogP contribution in [0.5, 0.6) is 0 Å². The lowest BCUT2D eigenvalue weighted by molar-refractivity contribution is -0.307. The zero-order valence-electron chi connectivity index (χ0n) is 13.1. The van der Waals surface area contributed by atoms with E-state index in [0.29, 0.717) is 22.1 Å². The fourth-order valence-electron chi connectivity index (χ4n) is 2.39. The minimum atomic E-state index is -1.25. The summed E-state index contributed by atoms with van der Waals surface area (Å²) in [7, 11) is 0. The number of benzene rings is 2. The molecular weight excluding hydrogens is 312 g/mol. The van der Waals surface area contributed by atoms with Crippen molar-refractivity contribution in [1.29, 1.82) is 0 Å². The van der Waals surface area contributed by atoms with Crippen molar-refractivity contribution in [3.8, 4) is 0 Å². The molecule has 2 aromatic carbocycles. The van der Waals surface area contributed by atoms with Gasteiger partial charge in [0.2, 0.25) is 0 Å². The highest BCUT2D eigenvalue weighted by atomic mass is 35.5. The van der Waals surface area contributed by atoms with Gasteiger partial charge in [-0.2, -0.15) is 0 Å². The van der Waals surface area contributed by atoms with Crippen molar-refractivity contribution in [2.24, 2.45) is 0 Å². The molecule has 0 aliphatic carbocycles. The molecule has 2 rings (SSSR count). The summed E-state index contributed by atoms with van der Waals surface area (Å²) >= 11 is 5.79. The molecule has 3 nitrogen and oxygen atoms in total. The van der Waals surface area contributed by atoms with E-state index in [0.717, 1.165) is 5.56 Å². The average molecular weight is 330 g/mol. The van der Waals surface area contributed by atoms with Gasteiger partial charge in [-0.3, -0.25) is 4.79 Å². The lowest BCUT2D eigenvalue weighted by Crippen LogP contribution is -2.31. The molecular formula is C19H18ClO3-. The third kappa shape index (κ3) is 4.42. The Labute approximate surface area is 140 Å². The van der Waals surface area contributed by atoms with Gasteiger partial charge in [0.15, 0.2) is 5.78 Å². The summed E-state index contributed by atoms with van der Waals surface area (Å²) in [5, 5.41) is 12.0. The van der Waals surface area contributed by atoms with E-state index in [1.165, 1.54) is 0 Å². The van der Waals surface area contributed by atoms with Gasteiger partial charge in [-0.05, 0) is 41.3 Å². The number of carboxylic acids is 1. The largest absolute Gasteiger partial charge is 0.549 e. The summed E-state index contributed by atoms with van der Waals surface area (Å²) in [4.78, 5) is 23.7. The average Bonchev–Trinajstić information content (AvgIpc) is 2.53. The van der Waals surface area contributed by atoms with Crippen molar-refractivity contribution >= 4 is 23.4 Å². The molecule has 4 heteroatoms. The van der Waals surface area contributed by atoms with Crippen molar-refractivity contribution in [3.63, 3.8) is 0 Å². The SMILES string of the molecule is CC(C)c1ccc([C@@H](CC(=O)c2ccc(Cl)cc2)C(=O)[O-])cc1. The zero-order valence-corrected chi connectivity index (χ0v) is 13.8. The van der Waals surface area contributed by atoms with Gasteiger partial charge < -0.3 is 9.90 Å². The zero-order chi connectivity index (χ0) is 17.0. The van der Waals surface area contributed by atoms with Crippen molar-refractivity contribution in [3.05, 3.63) is 70.2 Å². The molecule has 0 aliphatic rings. The molecule has 0 amide bonds. The standard InChI is InChI=1S/C19H19ClO3/c1-12(2)13-3-5-14(6-4-13)17(19(22)23)11-18(21)15-7-9-16(20)10-8-15/h3-10,12,17H,11H2,1-2H3,(H,22,23)/p-1/t17-/m1/s1. The molecule has 0 aliphatic heterocycles. The van der Waals surface area contributed by atoms with E-state index in [9.17, 15) is 14.7 Å². The third-order valence-electron chi connectivity index (χ3n) is 3.85. The smallest absolute Gasteiger partial charge is 0.163 e. The monoisotopic (exact) mass is 329 g/mol. The maximum absolute atomic E-state index is 12.3. The Hall–Kier alpha value is -2.13. The first kappa shape index (κ1) is 17.2. The van der Waals surface area contributed by atoms with Gasteiger partial charge >= 0.3 is 0 Å². The van der Waals surface area contributed by atoms with Gasteiger partial charge in [0.1, 0.15) is 0 Å². The number of carbonyl (C=O) groups is 2. The number of rotatable bonds is 6. The second kappa shape index (κ2) is 7.42. The summed E-state index contributed by atoms with van der Waals surface area (Å²) in [5.41, 5.74) is 2.14. The predicted octanol–water partition coefficient (Wildman–Crippen LogP) is 3.57. The lowest BCUT2D eigenvalue weighted by Gasteiger charge is -2.18. The number of halogens is 1. The summed E-state index contributed by atoms with van der Waals surface area (Å²) < 4.78 is 0. The first-order chi connectivity index (χ1) is 10.9. The number of hydrogen-bond acceptors (Lipinski definition) is 3. The van der Waals surface area contributed by atoms with Gasteiger partial charge in [0, 0.05) is 28.9 Å². The highest BCUT2D eigenvalue weighted by molar-refractivity contribution is 6.30. The number of ketones is 1. The molecule has 2 aromatic rings. The second-order valence-corrected chi connectivity index (χ2v) is 6.26. The molecule has 0 bridgehead atoms. The molecule has 0 aromatic heterocycles. The van der Waals surface area contributed by atoms with Crippen LogP contribution in [0.3, 0.4) is 0 Å². The number of Topliss-reactive ketones (excluding diaryl/α,β-unsaturated/α-hetero) is 1. The minimum absolute atomic E-state index is 0.134. The number of aliphatic carboxylic acids is 1. The molecule has 0 heterocycles. The summed E-state index contributed by atoms with van der Waals surface area (Å²) in [5.74, 6) is -2.09. The van der Waals surface area contributed by atoms with Crippen LogP contribution in [0.4, 0.5) is 0 Å². The number of carbonyl (C=O) groups excluding carboxylic acids is 2. The van der Waals surface area contributed by atoms with E-state index in [4.69, 9.17) is 11.6 Å². The lowest BCUT2D eigenvalue weighted by atomic mass is 9.90. The Kier molecular flexibility index (Phi) is 5.56. The van der Waals surface area contributed by atoms with E-state index in [2.05, 4.69) is 13.8 Å². The van der Waals surface area contributed by atoms with Crippen LogP contribution in [0.25, 0.3) is 0 Å². The van der Waals surface area contributed by atoms with Gasteiger partial charge in [0.25, 0.3) is 0 Å². The maximum atomic E-state index is 12.3. The van der Waals surface area contributed by atoms with Gasteiger partial charge in [-0.1, -0.05) is 49.7 Å². The van der Waals surface area contributed by atoms with Gasteiger partial charge in [0.05, 0.1) is 0 Å². The quantitative estimate of drug-likeness (QED) is 0.761. The molecule has 0 radical (unpaired) electrons. The molecule has 1 atom stereocenters. The van der Waals surface area contributed by atoms with Gasteiger partial charge in [-0.15, -0.1) is 0 Å². The minimum Gasteiger partial charge on any atom is -0.549 e. The highest BCUT2D eigenvalue weighted by Crippen LogP contribution is 2.24. The van der Waals surface area contributed by atoms with Crippen LogP contribution >= 0.6 is 11.6 Å². The third-order valence-corrected chi connectivity index (χ3v) is 4.10. The van der Waals surface area contributed by atoms with Crippen molar-refractivity contribution in [2.45, 2.75) is 32.1 Å². The van der Waals surface area contributed by atoms with Gasteiger partial charge in [-0.25, -0.2) is 0 Å². The van der Waals surface area contributed by atoms with E-state index < -0.39 is 11.9 Å². The summed E-state index contributed by atoms with van der Waals surface area (Å²) in [6.45, 7) is 4.13.